The van der Waals surface area contributed by atoms with Crippen LogP contribution in [0.25, 0.3) is 0 Å². The Bertz CT molecular complexity index is 979. The fourth-order valence-electron chi connectivity index (χ4n) is 3.71. The van der Waals surface area contributed by atoms with Gasteiger partial charge in [-0.2, -0.15) is 4.31 Å². The molecule has 3 rings (SSSR count). The van der Waals surface area contributed by atoms with Crippen molar-refractivity contribution >= 4 is 15.9 Å². The molecule has 0 unspecified atom stereocenters. The predicted octanol–water partition coefficient (Wildman–Crippen LogP) is 3.84. The summed E-state index contributed by atoms with van der Waals surface area (Å²) in [6, 6.07) is 12.4. The van der Waals surface area contributed by atoms with E-state index in [2.05, 4.69) is 0 Å². The number of sulfonamides is 1. The van der Waals surface area contributed by atoms with Gasteiger partial charge in [0.1, 0.15) is 5.75 Å². The molecular formula is C23H30N2O4S. The quantitative estimate of drug-likeness (QED) is 0.698. The van der Waals surface area contributed by atoms with Gasteiger partial charge in [0.15, 0.2) is 0 Å². The van der Waals surface area contributed by atoms with Crippen LogP contribution in [-0.4, -0.2) is 50.8 Å². The number of aryl methyl sites for hydroxylation is 1. The van der Waals surface area contributed by atoms with Crippen molar-refractivity contribution in [3.8, 4) is 5.75 Å². The highest BCUT2D eigenvalue weighted by Gasteiger charge is 2.27. The minimum atomic E-state index is -3.60. The lowest BCUT2D eigenvalue weighted by atomic mass is 10.1. The van der Waals surface area contributed by atoms with Crippen LogP contribution >= 0.6 is 0 Å². The van der Waals surface area contributed by atoms with Crippen molar-refractivity contribution < 1.29 is 17.9 Å². The van der Waals surface area contributed by atoms with E-state index in [4.69, 9.17) is 4.74 Å². The van der Waals surface area contributed by atoms with Crippen molar-refractivity contribution in [2.45, 2.75) is 44.0 Å². The number of nitrogens with zero attached hydrogens (tertiary/aromatic N) is 2. The van der Waals surface area contributed by atoms with Crippen LogP contribution in [0.1, 0.15) is 47.2 Å². The van der Waals surface area contributed by atoms with Gasteiger partial charge in [0.05, 0.1) is 12.0 Å². The first-order valence-corrected chi connectivity index (χ1v) is 11.8. The smallest absolute Gasteiger partial charge is 0.254 e. The Labute approximate surface area is 179 Å². The van der Waals surface area contributed by atoms with Gasteiger partial charge >= 0.3 is 0 Å². The minimum Gasteiger partial charge on any atom is -0.497 e. The SMILES string of the molecule is COc1ccc(CN(C)C(=O)c2cc(S(=O)(=O)N3CCCCCC3)ccc2C)cc1. The van der Waals surface area contributed by atoms with E-state index < -0.39 is 10.0 Å². The minimum absolute atomic E-state index is 0.191. The molecule has 0 saturated carbocycles. The molecule has 1 aliphatic rings. The lowest BCUT2D eigenvalue weighted by Crippen LogP contribution is -2.32. The standard InChI is InChI=1S/C23H30N2O4S/c1-18-8-13-21(30(27,28)25-14-6-4-5-7-15-25)16-22(18)23(26)24(2)17-19-9-11-20(29-3)12-10-19/h8-13,16H,4-7,14-15,17H2,1-3H3. The Morgan fingerprint density at radius 1 is 1.03 bits per heavy atom. The zero-order valence-corrected chi connectivity index (χ0v) is 18.7. The van der Waals surface area contributed by atoms with Crippen LogP contribution in [0.2, 0.25) is 0 Å². The Balaban J connectivity index is 1.81. The Kier molecular flexibility index (Phi) is 7.15. The van der Waals surface area contributed by atoms with Gasteiger partial charge < -0.3 is 9.64 Å². The normalized spacial score (nSPS) is 15.4. The number of carbonyl (C=O) groups is 1. The number of hydrogen-bond donors (Lipinski definition) is 0. The summed E-state index contributed by atoms with van der Waals surface area (Å²) < 4.78 is 33.0. The van der Waals surface area contributed by atoms with E-state index >= 15 is 0 Å². The summed E-state index contributed by atoms with van der Waals surface area (Å²) in [4.78, 5) is 14.9. The van der Waals surface area contributed by atoms with Gasteiger partial charge in [-0.25, -0.2) is 8.42 Å². The molecule has 0 spiro atoms. The number of rotatable bonds is 6. The second kappa shape index (κ2) is 9.62. The average molecular weight is 431 g/mol. The third kappa shape index (κ3) is 5.02. The van der Waals surface area contributed by atoms with Gasteiger partial charge in [-0.3, -0.25) is 4.79 Å². The third-order valence-corrected chi connectivity index (χ3v) is 7.46. The van der Waals surface area contributed by atoms with Gasteiger partial charge in [0.25, 0.3) is 5.91 Å². The third-order valence-electron chi connectivity index (χ3n) is 5.57. The summed E-state index contributed by atoms with van der Waals surface area (Å²) >= 11 is 0. The van der Waals surface area contributed by atoms with Crippen molar-refractivity contribution in [2.24, 2.45) is 0 Å². The lowest BCUT2D eigenvalue weighted by Gasteiger charge is -2.22. The number of benzene rings is 2. The first-order valence-electron chi connectivity index (χ1n) is 10.3. The maximum atomic E-state index is 13.1. The molecule has 1 fully saturated rings. The zero-order chi connectivity index (χ0) is 21.7. The summed E-state index contributed by atoms with van der Waals surface area (Å²) in [6.07, 6.45) is 3.86. The summed E-state index contributed by atoms with van der Waals surface area (Å²) in [6.45, 7) is 3.33. The number of ether oxygens (including phenoxy) is 1. The molecule has 1 amide bonds. The maximum absolute atomic E-state index is 13.1. The molecule has 1 aliphatic heterocycles. The molecule has 30 heavy (non-hydrogen) atoms. The van der Waals surface area contributed by atoms with Gasteiger partial charge in [-0.05, 0) is 55.2 Å². The molecule has 0 aliphatic carbocycles. The fraction of sp³-hybridized carbons (Fsp3) is 0.435. The Morgan fingerprint density at radius 2 is 1.67 bits per heavy atom. The summed E-state index contributed by atoms with van der Waals surface area (Å²) in [5.41, 5.74) is 2.15. The second-order valence-electron chi connectivity index (χ2n) is 7.80. The Hall–Kier alpha value is -2.38. The number of carbonyl (C=O) groups excluding carboxylic acids is 1. The van der Waals surface area contributed by atoms with E-state index in [1.165, 1.54) is 6.07 Å². The largest absolute Gasteiger partial charge is 0.497 e. The number of methoxy groups -OCH3 is 1. The maximum Gasteiger partial charge on any atom is 0.254 e. The fourth-order valence-corrected chi connectivity index (χ4v) is 5.25. The number of hydrogen-bond acceptors (Lipinski definition) is 4. The summed E-state index contributed by atoms with van der Waals surface area (Å²) in [5, 5.41) is 0. The first-order chi connectivity index (χ1) is 14.3. The van der Waals surface area contributed by atoms with E-state index in [-0.39, 0.29) is 10.8 Å². The van der Waals surface area contributed by atoms with Gasteiger partial charge in [0, 0.05) is 32.2 Å². The van der Waals surface area contributed by atoms with E-state index in [1.54, 1.807) is 35.5 Å². The molecular weight excluding hydrogens is 400 g/mol. The topological polar surface area (TPSA) is 66.9 Å². The molecule has 0 aromatic heterocycles. The van der Waals surface area contributed by atoms with E-state index in [0.29, 0.717) is 25.2 Å². The van der Waals surface area contributed by atoms with Crippen LogP contribution in [0.3, 0.4) is 0 Å². The van der Waals surface area contributed by atoms with Crippen molar-refractivity contribution in [1.82, 2.24) is 9.21 Å². The second-order valence-corrected chi connectivity index (χ2v) is 9.74. The van der Waals surface area contributed by atoms with Gasteiger partial charge in [0.2, 0.25) is 10.0 Å². The molecule has 0 radical (unpaired) electrons. The Morgan fingerprint density at radius 3 is 2.27 bits per heavy atom. The van der Waals surface area contributed by atoms with Crippen molar-refractivity contribution in [2.75, 3.05) is 27.2 Å². The molecule has 1 heterocycles. The summed E-state index contributed by atoms with van der Waals surface area (Å²) in [5.74, 6) is 0.561. The van der Waals surface area contributed by atoms with E-state index in [0.717, 1.165) is 42.6 Å². The van der Waals surface area contributed by atoms with Crippen LogP contribution in [-0.2, 0) is 16.6 Å². The van der Waals surface area contributed by atoms with Crippen LogP contribution in [0.15, 0.2) is 47.4 Å². The first kappa shape index (κ1) is 22.3. The van der Waals surface area contributed by atoms with Crippen LogP contribution in [0.5, 0.6) is 5.75 Å². The highest BCUT2D eigenvalue weighted by Crippen LogP contribution is 2.24. The molecule has 0 N–H and O–H groups in total. The monoisotopic (exact) mass is 430 g/mol. The average Bonchev–Trinajstić information content (AvgIpc) is 3.04. The van der Waals surface area contributed by atoms with Crippen molar-refractivity contribution in [1.29, 1.82) is 0 Å². The zero-order valence-electron chi connectivity index (χ0n) is 17.9. The molecule has 2 aromatic rings. The van der Waals surface area contributed by atoms with E-state index in [9.17, 15) is 13.2 Å². The molecule has 0 bridgehead atoms. The molecule has 162 valence electrons. The van der Waals surface area contributed by atoms with Crippen molar-refractivity contribution in [3.05, 3.63) is 59.2 Å². The van der Waals surface area contributed by atoms with Gasteiger partial charge in [-0.1, -0.05) is 31.0 Å². The van der Waals surface area contributed by atoms with Crippen LogP contribution in [0.4, 0.5) is 0 Å². The molecule has 0 atom stereocenters. The molecule has 7 heteroatoms. The number of amides is 1. The molecule has 1 saturated heterocycles. The van der Waals surface area contributed by atoms with Crippen LogP contribution in [0, 0.1) is 6.92 Å². The lowest BCUT2D eigenvalue weighted by molar-refractivity contribution is 0.0784. The summed E-state index contributed by atoms with van der Waals surface area (Å²) in [7, 11) is -0.266. The van der Waals surface area contributed by atoms with Crippen molar-refractivity contribution in [3.63, 3.8) is 0 Å². The highest BCUT2D eigenvalue weighted by molar-refractivity contribution is 7.89. The molecule has 6 nitrogen and oxygen atoms in total. The predicted molar refractivity (Wildman–Crippen MR) is 117 cm³/mol. The van der Waals surface area contributed by atoms with Gasteiger partial charge in [-0.15, -0.1) is 0 Å². The highest BCUT2D eigenvalue weighted by atomic mass is 32.2. The van der Waals surface area contributed by atoms with E-state index in [1.807, 2.05) is 31.2 Å². The van der Waals surface area contributed by atoms with Crippen LogP contribution < -0.4 is 4.74 Å². The molecule has 2 aromatic carbocycles.